The molecule has 0 amide bonds. The molecule has 21 heavy (non-hydrogen) atoms. The zero-order chi connectivity index (χ0) is 15.8. The van der Waals surface area contributed by atoms with E-state index in [1.165, 1.54) is 11.2 Å². The van der Waals surface area contributed by atoms with E-state index in [-0.39, 0.29) is 16.9 Å². The highest BCUT2D eigenvalue weighted by Crippen LogP contribution is 2.30. The maximum absolute atomic E-state index is 12.9. The molecule has 0 saturated carbocycles. The van der Waals surface area contributed by atoms with Crippen molar-refractivity contribution in [1.29, 1.82) is 0 Å². The van der Waals surface area contributed by atoms with Crippen LogP contribution in [0.2, 0.25) is 0 Å². The lowest BCUT2D eigenvalue weighted by Gasteiger charge is -2.15. The van der Waals surface area contributed by atoms with Gasteiger partial charge in [0.2, 0.25) is 11.1 Å². The third-order valence-corrected chi connectivity index (χ3v) is 3.23. The molecule has 7 nitrogen and oxygen atoms in total. The molecule has 2 heterocycles. The third kappa shape index (κ3) is 3.17. The Kier molecular flexibility index (Phi) is 3.94. The average Bonchev–Trinajstić information content (AvgIpc) is 2.86. The van der Waals surface area contributed by atoms with Crippen molar-refractivity contribution in [2.75, 3.05) is 25.3 Å². The standard InChI is InChI=1S/C10H11F3N6OS/c1-18(2)7-4-6(10(11,12)13)15-8(16-7)19-5-14-17-9(19)21(3)20/h4-5H,1-3H3. The quantitative estimate of drug-likeness (QED) is 0.835. The van der Waals surface area contributed by atoms with Crippen molar-refractivity contribution in [3.05, 3.63) is 18.1 Å². The van der Waals surface area contributed by atoms with Crippen molar-refractivity contribution in [2.24, 2.45) is 0 Å². The number of hydrogen-bond acceptors (Lipinski definition) is 6. The van der Waals surface area contributed by atoms with Crippen molar-refractivity contribution in [3.8, 4) is 5.95 Å². The Hall–Kier alpha value is -2.04. The first-order chi connectivity index (χ1) is 9.70. The molecule has 0 N–H and O–H groups in total. The van der Waals surface area contributed by atoms with Crippen LogP contribution in [-0.2, 0) is 17.0 Å². The van der Waals surface area contributed by atoms with E-state index in [2.05, 4.69) is 20.2 Å². The number of halogens is 3. The van der Waals surface area contributed by atoms with Gasteiger partial charge >= 0.3 is 6.18 Å². The molecule has 0 aliphatic carbocycles. The lowest BCUT2D eigenvalue weighted by molar-refractivity contribution is -0.141. The van der Waals surface area contributed by atoms with Crippen LogP contribution in [0.15, 0.2) is 17.6 Å². The van der Waals surface area contributed by atoms with Gasteiger partial charge in [-0.15, -0.1) is 10.2 Å². The minimum absolute atomic E-state index is 0.0287. The predicted molar refractivity (Wildman–Crippen MR) is 68.6 cm³/mol. The zero-order valence-corrected chi connectivity index (χ0v) is 12.1. The Morgan fingerprint density at radius 2 is 1.95 bits per heavy atom. The monoisotopic (exact) mass is 320 g/mol. The molecular weight excluding hydrogens is 309 g/mol. The Labute approximate surface area is 120 Å². The molecular formula is C10H11F3N6OS. The van der Waals surface area contributed by atoms with Crippen molar-refractivity contribution in [3.63, 3.8) is 0 Å². The first-order valence-corrected chi connectivity index (χ1v) is 7.13. The van der Waals surface area contributed by atoms with Crippen LogP contribution >= 0.6 is 0 Å². The van der Waals surface area contributed by atoms with E-state index in [1.807, 2.05) is 0 Å². The molecule has 1 atom stereocenters. The van der Waals surface area contributed by atoms with Crippen molar-refractivity contribution in [2.45, 2.75) is 11.3 Å². The molecule has 0 bridgehead atoms. The van der Waals surface area contributed by atoms with Gasteiger partial charge in [0.05, 0.1) is 10.8 Å². The van der Waals surface area contributed by atoms with Crippen LogP contribution in [0, 0.1) is 0 Å². The topological polar surface area (TPSA) is 76.8 Å². The normalized spacial score (nSPS) is 13.2. The van der Waals surface area contributed by atoms with Gasteiger partial charge < -0.3 is 4.90 Å². The van der Waals surface area contributed by atoms with Gasteiger partial charge in [-0.3, -0.25) is 4.21 Å². The number of alkyl halides is 3. The minimum atomic E-state index is -4.62. The molecule has 0 aromatic carbocycles. The Morgan fingerprint density at radius 1 is 1.29 bits per heavy atom. The molecule has 0 aliphatic rings. The maximum atomic E-state index is 12.9. The van der Waals surface area contributed by atoms with E-state index < -0.39 is 22.7 Å². The fourth-order valence-electron chi connectivity index (χ4n) is 1.46. The molecule has 0 saturated heterocycles. The number of anilines is 1. The Balaban J connectivity index is 2.65. The second-order valence-electron chi connectivity index (χ2n) is 4.24. The average molecular weight is 320 g/mol. The van der Waals surface area contributed by atoms with E-state index in [9.17, 15) is 17.4 Å². The highest BCUT2D eigenvalue weighted by molar-refractivity contribution is 7.84. The molecule has 0 spiro atoms. The summed E-state index contributed by atoms with van der Waals surface area (Å²) >= 11 is 0. The summed E-state index contributed by atoms with van der Waals surface area (Å²) in [5.74, 6) is -0.224. The SMILES string of the molecule is CN(C)c1cc(C(F)(F)F)nc(-n2cnnc2S(C)=O)n1. The summed E-state index contributed by atoms with van der Waals surface area (Å²) in [5, 5.41) is 7.10. The molecule has 0 fully saturated rings. The van der Waals surface area contributed by atoms with E-state index in [1.54, 1.807) is 14.1 Å². The van der Waals surface area contributed by atoms with Crippen LogP contribution in [0.4, 0.5) is 19.0 Å². The fraction of sp³-hybridized carbons (Fsp3) is 0.400. The lowest BCUT2D eigenvalue weighted by Crippen LogP contribution is -2.18. The predicted octanol–water partition coefficient (Wildman–Crippen LogP) is 0.879. The minimum Gasteiger partial charge on any atom is -0.363 e. The van der Waals surface area contributed by atoms with Gasteiger partial charge in [-0.2, -0.15) is 18.2 Å². The van der Waals surface area contributed by atoms with Gasteiger partial charge in [-0.05, 0) is 0 Å². The van der Waals surface area contributed by atoms with Gasteiger partial charge in [-0.25, -0.2) is 9.55 Å². The van der Waals surface area contributed by atoms with Crippen LogP contribution in [0.25, 0.3) is 5.95 Å². The molecule has 0 aliphatic heterocycles. The molecule has 2 aromatic heterocycles. The van der Waals surface area contributed by atoms with Gasteiger partial charge in [0.25, 0.3) is 0 Å². The number of nitrogens with zero attached hydrogens (tertiary/aromatic N) is 6. The van der Waals surface area contributed by atoms with Gasteiger partial charge in [0, 0.05) is 26.4 Å². The van der Waals surface area contributed by atoms with Gasteiger partial charge in [0.1, 0.15) is 12.1 Å². The molecule has 11 heteroatoms. The van der Waals surface area contributed by atoms with Crippen LogP contribution in [0.1, 0.15) is 5.69 Å². The summed E-state index contributed by atoms with van der Waals surface area (Å²) in [7, 11) is 1.57. The van der Waals surface area contributed by atoms with Crippen LogP contribution in [-0.4, -0.2) is 49.3 Å². The zero-order valence-electron chi connectivity index (χ0n) is 11.3. The largest absolute Gasteiger partial charge is 0.433 e. The molecule has 114 valence electrons. The number of rotatable bonds is 3. The smallest absolute Gasteiger partial charge is 0.363 e. The first kappa shape index (κ1) is 15.4. The number of hydrogen-bond donors (Lipinski definition) is 0. The summed E-state index contributed by atoms with van der Waals surface area (Å²) in [6.45, 7) is 0. The van der Waals surface area contributed by atoms with Crippen molar-refractivity contribution >= 4 is 16.6 Å². The van der Waals surface area contributed by atoms with E-state index in [4.69, 9.17) is 0 Å². The van der Waals surface area contributed by atoms with Crippen molar-refractivity contribution < 1.29 is 17.4 Å². The van der Waals surface area contributed by atoms with Crippen LogP contribution in [0.5, 0.6) is 0 Å². The fourth-order valence-corrected chi connectivity index (χ4v) is 2.03. The first-order valence-electron chi connectivity index (χ1n) is 5.57. The number of aromatic nitrogens is 5. The summed E-state index contributed by atoms with van der Waals surface area (Å²) in [6, 6.07) is 0.830. The Bertz CT molecular complexity index is 684. The van der Waals surface area contributed by atoms with Crippen LogP contribution in [0.3, 0.4) is 0 Å². The second kappa shape index (κ2) is 5.39. The molecule has 2 rings (SSSR count). The van der Waals surface area contributed by atoms with Crippen molar-refractivity contribution in [1.82, 2.24) is 24.7 Å². The summed E-state index contributed by atoms with van der Waals surface area (Å²) in [5.41, 5.74) is -1.10. The second-order valence-corrected chi connectivity index (χ2v) is 5.51. The summed E-state index contributed by atoms with van der Waals surface area (Å²) in [6.07, 6.45) is -2.17. The Morgan fingerprint density at radius 3 is 2.48 bits per heavy atom. The summed E-state index contributed by atoms with van der Waals surface area (Å²) < 4.78 is 51.3. The third-order valence-electron chi connectivity index (χ3n) is 2.44. The van der Waals surface area contributed by atoms with E-state index in [0.29, 0.717) is 0 Å². The van der Waals surface area contributed by atoms with Gasteiger partial charge in [-0.1, -0.05) is 0 Å². The molecule has 0 radical (unpaired) electrons. The lowest BCUT2D eigenvalue weighted by atomic mass is 10.3. The van der Waals surface area contributed by atoms with E-state index >= 15 is 0 Å². The maximum Gasteiger partial charge on any atom is 0.433 e. The molecule has 2 aromatic rings. The summed E-state index contributed by atoms with van der Waals surface area (Å²) in [4.78, 5) is 8.86. The molecule has 1 unspecified atom stereocenters. The highest BCUT2D eigenvalue weighted by atomic mass is 32.2. The van der Waals surface area contributed by atoms with E-state index in [0.717, 1.165) is 17.0 Å². The van der Waals surface area contributed by atoms with Crippen LogP contribution < -0.4 is 4.90 Å². The highest BCUT2D eigenvalue weighted by Gasteiger charge is 2.34. The van der Waals surface area contributed by atoms with Gasteiger partial charge in [0.15, 0.2) is 5.69 Å².